The molecule has 0 fully saturated rings. The van der Waals surface area contributed by atoms with Gasteiger partial charge in [0.2, 0.25) is 0 Å². The second-order valence-corrected chi connectivity index (χ2v) is 7.40. The van der Waals surface area contributed by atoms with Crippen LogP contribution in [0.3, 0.4) is 0 Å². The molecule has 0 aliphatic rings. The lowest BCUT2D eigenvalue weighted by molar-refractivity contribution is -0.137. The highest BCUT2D eigenvalue weighted by Crippen LogP contribution is 2.35. The molecule has 0 bridgehead atoms. The van der Waals surface area contributed by atoms with Crippen LogP contribution in [0.25, 0.3) is 0 Å². The zero-order chi connectivity index (χ0) is 17.3. The first-order chi connectivity index (χ1) is 10.6. The van der Waals surface area contributed by atoms with Gasteiger partial charge in [0, 0.05) is 3.57 Å². The number of sulfonamides is 1. The Bertz CT molecular complexity index is 805. The van der Waals surface area contributed by atoms with Crippen LogP contribution in [0.2, 0.25) is 0 Å². The van der Waals surface area contributed by atoms with Crippen molar-refractivity contribution >= 4 is 38.3 Å². The Kier molecular flexibility index (Phi) is 5.09. The molecule has 124 valence electrons. The third-order valence-electron chi connectivity index (χ3n) is 2.90. The Labute approximate surface area is 144 Å². The summed E-state index contributed by atoms with van der Waals surface area (Å²) in [6.07, 6.45) is -4.59. The van der Waals surface area contributed by atoms with Crippen molar-refractivity contribution in [2.45, 2.75) is 11.1 Å². The van der Waals surface area contributed by atoms with E-state index in [0.29, 0.717) is 6.07 Å². The first-order valence-electron chi connectivity index (χ1n) is 6.17. The molecule has 0 aliphatic carbocycles. The van der Waals surface area contributed by atoms with Gasteiger partial charge >= 0.3 is 6.18 Å². The van der Waals surface area contributed by atoms with Crippen LogP contribution in [0.4, 0.5) is 18.9 Å². The van der Waals surface area contributed by atoms with Crippen molar-refractivity contribution < 1.29 is 26.3 Å². The van der Waals surface area contributed by atoms with Gasteiger partial charge in [0.15, 0.2) is 0 Å². The Morgan fingerprint density at radius 2 is 1.70 bits per heavy atom. The predicted octanol–water partition coefficient (Wildman–Crippen LogP) is 4.12. The number of methoxy groups -OCH3 is 1. The van der Waals surface area contributed by atoms with Crippen molar-refractivity contribution in [2.24, 2.45) is 0 Å². The number of nitrogens with one attached hydrogen (secondary N) is 1. The monoisotopic (exact) mass is 457 g/mol. The van der Waals surface area contributed by atoms with Gasteiger partial charge in [-0.15, -0.1) is 0 Å². The SMILES string of the molecule is COc1ccc(C(F)(F)F)cc1NS(=O)(=O)c1ccc(I)cc1. The molecule has 23 heavy (non-hydrogen) atoms. The van der Waals surface area contributed by atoms with E-state index < -0.39 is 21.8 Å². The zero-order valence-electron chi connectivity index (χ0n) is 11.7. The fourth-order valence-electron chi connectivity index (χ4n) is 1.78. The van der Waals surface area contributed by atoms with E-state index in [4.69, 9.17) is 4.74 Å². The second-order valence-electron chi connectivity index (χ2n) is 4.47. The summed E-state index contributed by atoms with van der Waals surface area (Å²) in [7, 11) is -2.78. The molecule has 1 N–H and O–H groups in total. The Morgan fingerprint density at radius 3 is 2.22 bits per heavy atom. The fourth-order valence-corrected chi connectivity index (χ4v) is 3.20. The van der Waals surface area contributed by atoms with Crippen molar-refractivity contribution in [3.63, 3.8) is 0 Å². The number of alkyl halides is 3. The predicted molar refractivity (Wildman–Crippen MR) is 88.0 cm³/mol. The van der Waals surface area contributed by atoms with Gasteiger partial charge in [-0.05, 0) is 65.1 Å². The minimum atomic E-state index is -4.59. The molecule has 0 spiro atoms. The van der Waals surface area contributed by atoms with E-state index in [-0.39, 0.29) is 16.3 Å². The summed E-state index contributed by atoms with van der Waals surface area (Å²) >= 11 is 2.01. The quantitative estimate of drug-likeness (QED) is 0.704. The lowest BCUT2D eigenvalue weighted by atomic mass is 10.2. The molecule has 0 saturated carbocycles. The van der Waals surface area contributed by atoms with Crippen LogP contribution >= 0.6 is 22.6 Å². The smallest absolute Gasteiger partial charge is 0.416 e. The van der Waals surface area contributed by atoms with E-state index in [1.807, 2.05) is 22.6 Å². The molecule has 0 heterocycles. The van der Waals surface area contributed by atoms with E-state index in [0.717, 1.165) is 15.7 Å². The number of ether oxygens (including phenoxy) is 1. The average Bonchev–Trinajstić information content (AvgIpc) is 2.46. The molecule has 0 aliphatic heterocycles. The molecule has 0 saturated heterocycles. The standard InChI is InChI=1S/C14H11F3INO3S/c1-22-13-7-2-9(14(15,16)17)8-12(13)19-23(20,21)11-5-3-10(18)4-6-11/h2-8,19H,1H3. The van der Waals surface area contributed by atoms with Crippen LogP contribution in [-0.2, 0) is 16.2 Å². The Hall–Kier alpha value is -1.49. The van der Waals surface area contributed by atoms with Crippen molar-refractivity contribution in [3.8, 4) is 5.75 Å². The maximum Gasteiger partial charge on any atom is 0.416 e. The lowest BCUT2D eigenvalue weighted by Gasteiger charge is -2.14. The van der Waals surface area contributed by atoms with E-state index in [1.165, 1.54) is 19.2 Å². The molecular formula is C14H11F3INO3S. The van der Waals surface area contributed by atoms with E-state index in [1.54, 1.807) is 12.1 Å². The maximum atomic E-state index is 12.8. The van der Waals surface area contributed by atoms with Gasteiger partial charge in [0.25, 0.3) is 10.0 Å². The normalized spacial score (nSPS) is 12.0. The molecule has 4 nitrogen and oxygen atoms in total. The molecule has 0 unspecified atom stereocenters. The Morgan fingerprint density at radius 1 is 1.09 bits per heavy atom. The average molecular weight is 457 g/mol. The van der Waals surface area contributed by atoms with Gasteiger partial charge in [0.1, 0.15) is 5.75 Å². The number of rotatable bonds is 4. The molecule has 9 heteroatoms. The number of anilines is 1. The van der Waals surface area contributed by atoms with Crippen LogP contribution in [0.1, 0.15) is 5.56 Å². The highest BCUT2D eigenvalue weighted by molar-refractivity contribution is 14.1. The minimum Gasteiger partial charge on any atom is -0.495 e. The van der Waals surface area contributed by atoms with Gasteiger partial charge in [0.05, 0.1) is 23.3 Å². The molecule has 0 radical (unpaired) electrons. The summed E-state index contributed by atoms with van der Waals surface area (Å²) in [6.45, 7) is 0. The highest BCUT2D eigenvalue weighted by Gasteiger charge is 2.31. The zero-order valence-corrected chi connectivity index (χ0v) is 14.7. The van der Waals surface area contributed by atoms with Crippen LogP contribution in [0.5, 0.6) is 5.75 Å². The van der Waals surface area contributed by atoms with Crippen LogP contribution in [-0.4, -0.2) is 15.5 Å². The number of hydrogen-bond donors (Lipinski definition) is 1. The van der Waals surface area contributed by atoms with E-state index >= 15 is 0 Å². The summed E-state index contributed by atoms with van der Waals surface area (Å²) in [5, 5.41) is 0. The van der Waals surface area contributed by atoms with Gasteiger partial charge in [-0.3, -0.25) is 4.72 Å². The van der Waals surface area contributed by atoms with Crippen LogP contribution in [0, 0.1) is 3.57 Å². The van der Waals surface area contributed by atoms with E-state index in [9.17, 15) is 21.6 Å². The number of halogens is 4. The van der Waals surface area contributed by atoms with Crippen molar-refractivity contribution in [1.82, 2.24) is 0 Å². The highest BCUT2D eigenvalue weighted by atomic mass is 127. The molecule has 0 amide bonds. The van der Waals surface area contributed by atoms with Crippen LogP contribution in [0.15, 0.2) is 47.4 Å². The topological polar surface area (TPSA) is 55.4 Å². The van der Waals surface area contributed by atoms with E-state index in [2.05, 4.69) is 4.72 Å². The lowest BCUT2D eigenvalue weighted by Crippen LogP contribution is -2.15. The summed E-state index contributed by atoms with van der Waals surface area (Å²) in [5.74, 6) is -0.00733. The number of hydrogen-bond acceptors (Lipinski definition) is 3. The van der Waals surface area contributed by atoms with Crippen molar-refractivity contribution in [3.05, 3.63) is 51.6 Å². The third kappa shape index (κ3) is 4.28. The Balaban J connectivity index is 2.43. The third-order valence-corrected chi connectivity index (χ3v) is 5.00. The van der Waals surface area contributed by atoms with Gasteiger partial charge in [-0.1, -0.05) is 0 Å². The summed E-state index contributed by atoms with van der Waals surface area (Å²) < 4.78 is 70.8. The maximum absolute atomic E-state index is 12.8. The fraction of sp³-hybridized carbons (Fsp3) is 0.143. The molecule has 0 atom stereocenters. The largest absolute Gasteiger partial charge is 0.495 e. The first-order valence-corrected chi connectivity index (χ1v) is 8.73. The van der Waals surface area contributed by atoms with Crippen LogP contribution < -0.4 is 9.46 Å². The van der Waals surface area contributed by atoms with Crippen molar-refractivity contribution in [2.75, 3.05) is 11.8 Å². The molecule has 2 aromatic carbocycles. The summed E-state index contributed by atoms with van der Waals surface area (Å²) in [4.78, 5) is -0.0580. The molecular weight excluding hydrogens is 446 g/mol. The molecule has 2 aromatic rings. The summed E-state index contributed by atoms with van der Waals surface area (Å²) in [6, 6.07) is 8.48. The van der Waals surface area contributed by atoms with Crippen molar-refractivity contribution in [1.29, 1.82) is 0 Å². The van der Waals surface area contributed by atoms with Gasteiger partial charge in [-0.25, -0.2) is 8.42 Å². The second kappa shape index (κ2) is 6.56. The van der Waals surface area contributed by atoms with Gasteiger partial charge in [-0.2, -0.15) is 13.2 Å². The minimum absolute atomic E-state index is 0.00733. The molecule has 0 aromatic heterocycles. The summed E-state index contributed by atoms with van der Waals surface area (Å²) in [5.41, 5.74) is -1.25. The van der Waals surface area contributed by atoms with Gasteiger partial charge < -0.3 is 4.74 Å². The molecule has 2 rings (SSSR count). The first kappa shape index (κ1) is 17.9. The number of benzene rings is 2.